The third-order valence-electron chi connectivity index (χ3n) is 4.25. The molecule has 0 N–H and O–H groups in total. The van der Waals surface area contributed by atoms with Crippen LogP contribution in [0.1, 0.15) is 36.3 Å². The first-order valence-corrected chi connectivity index (χ1v) is 7.63. The van der Waals surface area contributed by atoms with Crippen LogP contribution in [0.25, 0.3) is 0 Å². The van der Waals surface area contributed by atoms with Gasteiger partial charge in [-0.15, -0.1) is 0 Å². The summed E-state index contributed by atoms with van der Waals surface area (Å²) in [5, 5.41) is 0. The molecular weight excluding hydrogens is 266 g/mol. The highest BCUT2D eigenvalue weighted by Crippen LogP contribution is 2.11. The molecule has 1 unspecified atom stereocenters. The highest BCUT2D eigenvalue weighted by molar-refractivity contribution is 5.88. The first kappa shape index (κ1) is 15.9. The minimum atomic E-state index is -0.337. The highest BCUT2D eigenvalue weighted by Gasteiger charge is 2.20. The van der Waals surface area contributed by atoms with Crippen LogP contribution in [0, 0.1) is 0 Å². The molecule has 1 aromatic heterocycles. The predicted octanol–water partition coefficient (Wildman–Crippen LogP) is 1.78. The molecule has 116 valence electrons. The Kier molecular flexibility index (Phi) is 5.70. The van der Waals surface area contributed by atoms with Gasteiger partial charge >= 0.3 is 5.97 Å². The molecule has 1 atom stereocenters. The molecule has 0 saturated carbocycles. The Bertz CT molecular complexity index is 453. The van der Waals surface area contributed by atoms with Crippen LogP contribution >= 0.6 is 0 Å². The Hall–Kier alpha value is -1.46. The lowest BCUT2D eigenvalue weighted by atomic mass is 10.2. The van der Waals surface area contributed by atoms with Gasteiger partial charge < -0.3 is 4.74 Å². The van der Waals surface area contributed by atoms with Crippen molar-refractivity contribution in [2.24, 2.45) is 0 Å². The average Bonchev–Trinajstić information content (AvgIpc) is 2.55. The molecule has 21 heavy (non-hydrogen) atoms. The van der Waals surface area contributed by atoms with Crippen LogP contribution < -0.4 is 0 Å². The zero-order valence-corrected chi connectivity index (χ0v) is 13.2. The summed E-state index contributed by atoms with van der Waals surface area (Å²) in [6.07, 6.45) is 2.80. The van der Waals surface area contributed by atoms with Gasteiger partial charge in [0.2, 0.25) is 0 Å². The van der Waals surface area contributed by atoms with E-state index in [-0.39, 0.29) is 5.97 Å². The largest absolute Gasteiger partial charge is 0.465 e. The van der Waals surface area contributed by atoms with Crippen molar-refractivity contribution in [1.29, 1.82) is 0 Å². The molecule has 1 aliphatic heterocycles. The summed E-state index contributed by atoms with van der Waals surface area (Å²) in [7, 11) is 1.38. The second-order valence-electron chi connectivity index (χ2n) is 5.60. The molecule has 0 spiro atoms. The number of ether oxygens (including phenoxy) is 1. The summed E-state index contributed by atoms with van der Waals surface area (Å²) in [5.74, 6) is -0.337. The molecule has 5 heteroatoms. The second-order valence-corrected chi connectivity index (χ2v) is 5.60. The SMILES string of the molecule is CCC(C)N1CCN(Cc2ccc(C(=O)OC)cn2)CC1. The maximum Gasteiger partial charge on any atom is 0.339 e. The Morgan fingerprint density at radius 2 is 2.05 bits per heavy atom. The zero-order valence-electron chi connectivity index (χ0n) is 13.2. The molecule has 2 rings (SSSR count). The Balaban J connectivity index is 1.85. The Morgan fingerprint density at radius 1 is 1.33 bits per heavy atom. The summed E-state index contributed by atoms with van der Waals surface area (Å²) in [6, 6.07) is 4.36. The molecule has 0 radical (unpaired) electrons. The molecule has 5 nitrogen and oxygen atoms in total. The number of pyridine rings is 1. The number of nitrogens with zero attached hydrogens (tertiary/aromatic N) is 3. The van der Waals surface area contributed by atoms with Crippen LogP contribution in [0.2, 0.25) is 0 Å². The lowest BCUT2D eigenvalue weighted by Crippen LogP contribution is -2.49. The molecule has 2 heterocycles. The quantitative estimate of drug-likeness (QED) is 0.774. The van der Waals surface area contributed by atoms with Crippen molar-refractivity contribution >= 4 is 5.97 Å². The van der Waals surface area contributed by atoms with Gasteiger partial charge in [0, 0.05) is 45.0 Å². The number of piperazine rings is 1. The first-order chi connectivity index (χ1) is 10.1. The Labute approximate surface area is 126 Å². The number of aromatic nitrogens is 1. The fourth-order valence-electron chi connectivity index (χ4n) is 2.61. The van der Waals surface area contributed by atoms with E-state index in [2.05, 4.69) is 33.4 Å². The van der Waals surface area contributed by atoms with E-state index in [1.165, 1.54) is 13.5 Å². The van der Waals surface area contributed by atoms with Gasteiger partial charge in [-0.2, -0.15) is 0 Å². The summed E-state index contributed by atoms with van der Waals surface area (Å²) >= 11 is 0. The lowest BCUT2D eigenvalue weighted by Gasteiger charge is -2.37. The van der Waals surface area contributed by atoms with Crippen LogP contribution in [0.4, 0.5) is 0 Å². The van der Waals surface area contributed by atoms with Crippen molar-refractivity contribution in [2.45, 2.75) is 32.9 Å². The van der Waals surface area contributed by atoms with Crippen molar-refractivity contribution in [3.8, 4) is 0 Å². The zero-order chi connectivity index (χ0) is 15.2. The molecule has 1 aliphatic rings. The van der Waals surface area contributed by atoms with Crippen molar-refractivity contribution in [2.75, 3.05) is 33.3 Å². The summed E-state index contributed by atoms with van der Waals surface area (Å²) in [4.78, 5) is 20.7. The third-order valence-corrected chi connectivity index (χ3v) is 4.25. The summed E-state index contributed by atoms with van der Waals surface area (Å²) < 4.78 is 4.68. The first-order valence-electron chi connectivity index (χ1n) is 7.63. The van der Waals surface area contributed by atoms with Gasteiger partial charge in [0.15, 0.2) is 0 Å². The standard InChI is InChI=1S/C16H25N3O2/c1-4-13(2)19-9-7-18(8-10-19)12-15-6-5-14(11-17-15)16(20)21-3/h5-6,11,13H,4,7-10,12H2,1-3H3. The van der Waals surface area contributed by atoms with Crippen LogP contribution in [0.3, 0.4) is 0 Å². The molecule has 1 saturated heterocycles. The van der Waals surface area contributed by atoms with Gasteiger partial charge in [-0.05, 0) is 25.5 Å². The van der Waals surface area contributed by atoms with E-state index in [0.717, 1.165) is 38.4 Å². The number of rotatable bonds is 5. The lowest BCUT2D eigenvalue weighted by molar-refractivity contribution is 0.0600. The summed E-state index contributed by atoms with van der Waals surface area (Å²) in [5.41, 5.74) is 1.50. The topological polar surface area (TPSA) is 45.7 Å². The van der Waals surface area contributed by atoms with E-state index >= 15 is 0 Å². The normalized spacial score (nSPS) is 18.4. The highest BCUT2D eigenvalue weighted by atomic mass is 16.5. The number of esters is 1. The number of methoxy groups -OCH3 is 1. The number of hydrogen-bond acceptors (Lipinski definition) is 5. The van der Waals surface area contributed by atoms with Gasteiger partial charge in [-0.1, -0.05) is 6.92 Å². The fourth-order valence-corrected chi connectivity index (χ4v) is 2.61. The van der Waals surface area contributed by atoms with E-state index in [0.29, 0.717) is 11.6 Å². The van der Waals surface area contributed by atoms with Crippen LogP contribution in [-0.4, -0.2) is 60.1 Å². The average molecular weight is 291 g/mol. The minimum Gasteiger partial charge on any atom is -0.465 e. The number of hydrogen-bond donors (Lipinski definition) is 0. The molecule has 0 amide bonds. The van der Waals surface area contributed by atoms with Gasteiger partial charge in [0.05, 0.1) is 18.4 Å². The molecule has 0 bridgehead atoms. The van der Waals surface area contributed by atoms with E-state index in [4.69, 9.17) is 0 Å². The summed E-state index contributed by atoms with van der Waals surface area (Å²) in [6.45, 7) is 9.77. The smallest absolute Gasteiger partial charge is 0.339 e. The third kappa shape index (κ3) is 4.25. The number of carbonyl (C=O) groups is 1. The predicted molar refractivity (Wildman–Crippen MR) is 82.2 cm³/mol. The van der Waals surface area contributed by atoms with Crippen molar-refractivity contribution in [1.82, 2.24) is 14.8 Å². The van der Waals surface area contributed by atoms with Gasteiger partial charge in [-0.3, -0.25) is 14.8 Å². The van der Waals surface area contributed by atoms with Crippen LogP contribution in [0.5, 0.6) is 0 Å². The molecular formula is C16H25N3O2. The van der Waals surface area contributed by atoms with E-state index < -0.39 is 0 Å². The van der Waals surface area contributed by atoms with E-state index in [1.54, 1.807) is 12.3 Å². The maximum absolute atomic E-state index is 11.4. The van der Waals surface area contributed by atoms with Crippen molar-refractivity contribution in [3.63, 3.8) is 0 Å². The fraction of sp³-hybridized carbons (Fsp3) is 0.625. The maximum atomic E-state index is 11.4. The van der Waals surface area contributed by atoms with Crippen molar-refractivity contribution in [3.05, 3.63) is 29.6 Å². The molecule has 1 fully saturated rings. The number of carbonyl (C=O) groups excluding carboxylic acids is 1. The minimum absolute atomic E-state index is 0.337. The monoisotopic (exact) mass is 291 g/mol. The van der Waals surface area contributed by atoms with Gasteiger partial charge in [0.1, 0.15) is 0 Å². The van der Waals surface area contributed by atoms with E-state index in [9.17, 15) is 4.79 Å². The van der Waals surface area contributed by atoms with E-state index in [1.807, 2.05) is 6.07 Å². The van der Waals surface area contributed by atoms with Crippen LogP contribution in [0.15, 0.2) is 18.3 Å². The van der Waals surface area contributed by atoms with Crippen LogP contribution in [-0.2, 0) is 11.3 Å². The molecule has 1 aromatic rings. The molecule has 0 aliphatic carbocycles. The van der Waals surface area contributed by atoms with Gasteiger partial charge in [-0.25, -0.2) is 4.79 Å². The molecule has 0 aromatic carbocycles. The van der Waals surface area contributed by atoms with Crippen molar-refractivity contribution < 1.29 is 9.53 Å². The second kappa shape index (κ2) is 7.52. The van der Waals surface area contributed by atoms with Gasteiger partial charge in [0.25, 0.3) is 0 Å². The Morgan fingerprint density at radius 3 is 2.57 bits per heavy atom.